The van der Waals surface area contributed by atoms with Crippen LogP contribution < -0.4 is 0 Å². The van der Waals surface area contributed by atoms with Gasteiger partial charge in [-0.3, -0.25) is 9.59 Å². The van der Waals surface area contributed by atoms with Crippen molar-refractivity contribution in [2.45, 2.75) is 39.5 Å². The molecule has 2 aliphatic heterocycles. The van der Waals surface area contributed by atoms with Gasteiger partial charge in [-0.15, -0.1) is 0 Å². The maximum Gasteiger partial charge on any atom is 0.227 e. The van der Waals surface area contributed by atoms with Crippen molar-refractivity contribution in [2.75, 3.05) is 32.8 Å². The predicted octanol–water partition coefficient (Wildman–Crippen LogP) is 1.11. The summed E-state index contributed by atoms with van der Waals surface area (Å²) in [5, 5.41) is 9.16. The molecule has 2 amide bonds. The third-order valence-corrected chi connectivity index (χ3v) is 4.76. The van der Waals surface area contributed by atoms with Gasteiger partial charge in [-0.25, -0.2) is 0 Å². The first-order chi connectivity index (χ1) is 10.0. The fourth-order valence-electron chi connectivity index (χ4n) is 3.34. The monoisotopic (exact) mass is 296 g/mol. The number of hydrogen-bond acceptors (Lipinski definition) is 3. The first kappa shape index (κ1) is 16.3. The van der Waals surface area contributed by atoms with Gasteiger partial charge in [-0.2, -0.15) is 0 Å². The van der Waals surface area contributed by atoms with Gasteiger partial charge in [0.25, 0.3) is 0 Å². The Morgan fingerprint density at radius 1 is 1.10 bits per heavy atom. The van der Waals surface area contributed by atoms with Gasteiger partial charge >= 0.3 is 0 Å². The standard InChI is InChI=1S/C16H28N2O3/c1-12(2)15(20)18-7-3-4-14(10-18)16(21)17-8-5-13(11-19)6-9-17/h12-14,19H,3-11H2,1-2H3. The number of aliphatic hydroxyl groups excluding tert-OH is 1. The molecule has 120 valence electrons. The van der Waals surface area contributed by atoms with Crippen molar-refractivity contribution in [3.05, 3.63) is 0 Å². The molecular formula is C16H28N2O3. The first-order valence-corrected chi connectivity index (χ1v) is 8.21. The molecular weight excluding hydrogens is 268 g/mol. The number of rotatable bonds is 3. The van der Waals surface area contributed by atoms with Gasteiger partial charge < -0.3 is 14.9 Å². The van der Waals surface area contributed by atoms with E-state index in [2.05, 4.69) is 0 Å². The number of amides is 2. The molecule has 0 aromatic rings. The molecule has 0 bridgehead atoms. The molecule has 1 atom stereocenters. The average Bonchev–Trinajstić information content (AvgIpc) is 2.53. The summed E-state index contributed by atoms with van der Waals surface area (Å²) in [4.78, 5) is 28.5. The van der Waals surface area contributed by atoms with E-state index >= 15 is 0 Å². The Hall–Kier alpha value is -1.10. The molecule has 2 rings (SSSR count). The molecule has 5 nitrogen and oxygen atoms in total. The number of aliphatic hydroxyl groups is 1. The maximum absolute atomic E-state index is 12.6. The summed E-state index contributed by atoms with van der Waals surface area (Å²) in [5.41, 5.74) is 0. The summed E-state index contributed by atoms with van der Waals surface area (Å²) < 4.78 is 0. The lowest BCUT2D eigenvalue weighted by atomic mass is 9.92. The number of piperidine rings is 2. The van der Waals surface area contributed by atoms with Crippen LogP contribution in [0.4, 0.5) is 0 Å². The van der Waals surface area contributed by atoms with Gasteiger partial charge in [0.05, 0.1) is 5.92 Å². The van der Waals surface area contributed by atoms with Gasteiger partial charge in [0, 0.05) is 38.7 Å². The Morgan fingerprint density at radius 2 is 1.76 bits per heavy atom. The molecule has 2 heterocycles. The Labute approximate surface area is 127 Å². The van der Waals surface area contributed by atoms with Crippen molar-refractivity contribution in [3.8, 4) is 0 Å². The zero-order valence-corrected chi connectivity index (χ0v) is 13.3. The molecule has 1 N–H and O–H groups in total. The third-order valence-electron chi connectivity index (χ3n) is 4.76. The van der Waals surface area contributed by atoms with Crippen molar-refractivity contribution < 1.29 is 14.7 Å². The summed E-state index contributed by atoms with van der Waals surface area (Å²) >= 11 is 0. The topological polar surface area (TPSA) is 60.9 Å². The summed E-state index contributed by atoms with van der Waals surface area (Å²) in [6, 6.07) is 0. The number of hydrogen-bond donors (Lipinski definition) is 1. The van der Waals surface area contributed by atoms with Crippen LogP contribution in [0.2, 0.25) is 0 Å². The highest BCUT2D eigenvalue weighted by Crippen LogP contribution is 2.23. The minimum atomic E-state index is -0.0351. The summed E-state index contributed by atoms with van der Waals surface area (Å²) in [5.74, 6) is 0.671. The van der Waals surface area contributed by atoms with E-state index in [1.54, 1.807) is 0 Å². The largest absolute Gasteiger partial charge is 0.396 e. The second-order valence-corrected chi connectivity index (χ2v) is 6.73. The summed E-state index contributed by atoms with van der Waals surface area (Å²) in [6.07, 6.45) is 3.59. The zero-order chi connectivity index (χ0) is 15.4. The second-order valence-electron chi connectivity index (χ2n) is 6.73. The molecule has 0 aromatic heterocycles. The smallest absolute Gasteiger partial charge is 0.227 e. The van der Waals surface area contributed by atoms with Crippen molar-refractivity contribution in [1.82, 2.24) is 9.80 Å². The van der Waals surface area contributed by atoms with E-state index < -0.39 is 0 Å². The van der Waals surface area contributed by atoms with Gasteiger partial charge in [0.1, 0.15) is 0 Å². The van der Waals surface area contributed by atoms with E-state index in [0.717, 1.165) is 45.3 Å². The Morgan fingerprint density at radius 3 is 2.33 bits per heavy atom. The van der Waals surface area contributed by atoms with Crippen LogP contribution in [0.3, 0.4) is 0 Å². The van der Waals surface area contributed by atoms with Gasteiger partial charge in [0.15, 0.2) is 0 Å². The zero-order valence-electron chi connectivity index (χ0n) is 13.3. The van der Waals surface area contributed by atoms with Crippen molar-refractivity contribution in [3.63, 3.8) is 0 Å². The molecule has 0 spiro atoms. The minimum Gasteiger partial charge on any atom is -0.396 e. The van der Waals surface area contributed by atoms with Crippen LogP contribution in [-0.4, -0.2) is 59.5 Å². The molecule has 0 saturated carbocycles. The normalized spacial score (nSPS) is 24.5. The molecule has 2 aliphatic rings. The van der Waals surface area contributed by atoms with Crippen LogP contribution in [0.15, 0.2) is 0 Å². The van der Waals surface area contributed by atoms with Crippen LogP contribution in [0.1, 0.15) is 39.5 Å². The molecule has 0 aliphatic carbocycles. The van der Waals surface area contributed by atoms with Crippen LogP contribution >= 0.6 is 0 Å². The van der Waals surface area contributed by atoms with E-state index in [1.807, 2.05) is 23.6 Å². The van der Waals surface area contributed by atoms with Crippen LogP contribution in [-0.2, 0) is 9.59 Å². The summed E-state index contributed by atoms with van der Waals surface area (Å²) in [7, 11) is 0. The SMILES string of the molecule is CC(C)C(=O)N1CCCC(C(=O)N2CCC(CO)CC2)C1. The molecule has 0 aromatic carbocycles. The van der Waals surface area contributed by atoms with Gasteiger partial charge in [-0.05, 0) is 31.6 Å². The number of likely N-dealkylation sites (tertiary alicyclic amines) is 2. The van der Waals surface area contributed by atoms with Crippen LogP contribution in [0.25, 0.3) is 0 Å². The maximum atomic E-state index is 12.6. The van der Waals surface area contributed by atoms with E-state index in [4.69, 9.17) is 5.11 Å². The first-order valence-electron chi connectivity index (χ1n) is 8.21. The van der Waals surface area contributed by atoms with E-state index in [9.17, 15) is 9.59 Å². The van der Waals surface area contributed by atoms with Crippen molar-refractivity contribution in [2.24, 2.45) is 17.8 Å². The van der Waals surface area contributed by atoms with E-state index in [0.29, 0.717) is 12.5 Å². The quantitative estimate of drug-likeness (QED) is 0.849. The van der Waals surface area contributed by atoms with Crippen LogP contribution in [0, 0.1) is 17.8 Å². The lowest BCUT2D eigenvalue weighted by molar-refractivity contribution is -0.143. The molecule has 21 heavy (non-hydrogen) atoms. The fourth-order valence-corrected chi connectivity index (χ4v) is 3.34. The molecule has 1 unspecified atom stereocenters. The highest BCUT2D eigenvalue weighted by atomic mass is 16.3. The highest BCUT2D eigenvalue weighted by Gasteiger charge is 2.33. The third kappa shape index (κ3) is 3.96. The van der Waals surface area contributed by atoms with E-state index in [1.165, 1.54) is 0 Å². The molecule has 0 radical (unpaired) electrons. The Bertz CT molecular complexity index is 376. The Balaban J connectivity index is 1.89. The Kier molecular flexibility index (Phi) is 5.62. The van der Waals surface area contributed by atoms with Gasteiger partial charge in [0.2, 0.25) is 11.8 Å². The predicted molar refractivity (Wildman–Crippen MR) is 80.5 cm³/mol. The lowest BCUT2D eigenvalue weighted by Crippen LogP contribution is -2.49. The minimum absolute atomic E-state index is 0.000786. The molecule has 2 fully saturated rings. The molecule has 2 saturated heterocycles. The number of carbonyl (C=O) groups excluding carboxylic acids is 2. The summed E-state index contributed by atoms with van der Waals surface area (Å²) in [6.45, 7) is 6.91. The van der Waals surface area contributed by atoms with Crippen molar-refractivity contribution in [1.29, 1.82) is 0 Å². The van der Waals surface area contributed by atoms with Crippen molar-refractivity contribution >= 4 is 11.8 Å². The highest BCUT2D eigenvalue weighted by molar-refractivity contribution is 5.82. The number of carbonyl (C=O) groups is 2. The fraction of sp³-hybridized carbons (Fsp3) is 0.875. The van der Waals surface area contributed by atoms with Crippen LogP contribution in [0.5, 0.6) is 0 Å². The molecule has 5 heteroatoms. The second kappa shape index (κ2) is 7.25. The lowest BCUT2D eigenvalue weighted by Gasteiger charge is -2.38. The number of nitrogens with zero attached hydrogens (tertiary/aromatic N) is 2. The van der Waals surface area contributed by atoms with Gasteiger partial charge in [-0.1, -0.05) is 13.8 Å². The van der Waals surface area contributed by atoms with E-state index in [-0.39, 0.29) is 30.3 Å². The average molecular weight is 296 g/mol.